The number of fused-ring (bicyclic) bond motifs is 2. The molecule has 13 nitrogen and oxygen atoms in total. The summed E-state index contributed by atoms with van der Waals surface area (Å²) in [5, 5.41) is 19.4. The zero-order valence-electron chi connectivity index (χ0n) is 19.8. The zero-order valence-corrected chi connectivity index (χ0v) is 22.6. The molecule has 37 heavy (non-hydrogen) atoms. The number of benzene rings is 2. The standard InChI is InChI=1S/C22H18O13S.Na/c1-9-19(21(23)24)10-4-16(14(30-2)6-12(10)33-9)32-8-18-20(22(25)26)11-5-17(35-36(27,28)29)15(31-3)7-13(11)34-18;/h4-7H,8H2,1-3H3,(H,23,24)(H,25,26)(H,27,28,29);/q;+1/p-1. The minimum atomic E-state index is -5.18. The third-order valence-corrected chi connectivity index (χ3v) is 5.56. The van der Waals surface area contributed by atoms with Crippen LogP contribution >= 0.6 is 0 Å². The van der Waals surface area contributed by atoms with E-state index in [0.717, 1.165) is 12.1 Å². The van der Waals surface area contributed by atoms with Crippen molar-refractivity contribution in [2.75, 3.05) is 14.2 Å². The minimum Gasteiger partial charge on any atom is -0.716 e. The summed E-state index contributed by atoms with van der Waals surface area (Å²) >= 11 is 0. The fourth-order valence-electron chi connectivity index (χ4n) is 3.73. The fraction of sp³-hybridized carbons (Fsp3) is 0.182. The van der Waals surface area contributed by atoms with Crippen LogP contribution < -0.4 is 48.0 Å². The van der Waals surface area contributed by atoms with E-state index in [0.29, 0.717) is 0 Å². The second kappa shape index (κ2) is 10.5. The molecule has 0 unspecified atom stereocenters. The predicted molar refractivity (Wildman–Crippen MR) is 119 cm³/mol. The van der Waals surface area contributed by atoms with Gasteiger partial charge < -0.3 is 42.0 Å². The summed E-state index contributed by atoms with van der Waals surface area (Å²) in [7, 11) is -2.65. The molecule has 0 radical (unpaired) electrons. The number of aromatic carboxylic acids is 2. The van der Waals surface area contributed by atoms with Crippen LogP contribution in [0.1, 0.15) is 32.2 Å². The molecule has 0 fully saturated rings. The Morgan fingerprint density at radius 2 is 1.38 bits per heavy atom. The number of hydrogen-bond acceptors (Lipinski definition) is 11. The summed E-state index contributed by atoms with van der Waals surface area (Å²) < 4.78 is 64.6. The first-order valence-electron chi connectivity index (χ1n) is 9.92. The normalized spacial score (nSPS) is 11.2. The van der Waals surface area contributed by atoms with Gasteiger partial charge in [0.2, 0.25) is 0 Å². The molecule has 2 aromatic heterocycles. The molecule has 2 N–H and O–H groups in total. The van der Waals surface area contributed by atoms with Crippen LogP contribution in [0.5, 0.6) is 23.0 Å². The summed E-state index contributed by atoms with van der Waals surface area (Å²) in [5.41, 5.74) is -0.219. The van der Waals surface area contributed by atoms with Gasteiger partial charge in [0, 0.05) is 22.9 Å². The van der Waals surface area contributed by atoms with Gasteiger partial charge in [0.1, 0.15) is 34.7 Å². The minimum absolute atomic E-state index is 0. The Morgan fingerprint density at radius 3 is 1.92 bits per heavy atom. The van der Waals surface area contributed by atoms with Gasteiger partial charge in [-0.1, -0.05) is 0 Å². The van der Waals surface area contributed by atoms with E-state index in [9.17, 15) is 32.8 Å². The van der Waals surface area contributed by atoms with Crippen molar-refractivity contribution in [3.63, 3.8) is 0 Å². The Labute approximate surface area is 230 Å². The second-order valence-corrected chi connectivity index (χ2v) is 8.31. The van der Waals surface area contributed by atoms with Crippen LogP contribution in [0.4, 0.5) is 0 Å². The summed E-state index contributed by atoms with van der Waals surface area (Å²) in [5.74, 6) is -3.11. The second-order valence-electron chi connectivity index (χ2n) is 7.32. The molecular weight excluding hydrogens is 527 g/mol. The van der Waals surface area contributed by atoms with Gasteiger partial charge in [-0.2, -0.15) is 0 Å². The van der Waals surface area contributed by atoms with Gasteiger partial charge in [-0.3, -0.25) is 0 Å². The van der Waals surface area contributed by atoms with E-state index in [1.165, 1.54) is 33.3 Å². The molecule has 0 aliphatic rings. The summed E-state index contributed by atoms with van der Waals surface area (Å²) in [6.07, 6.45) is 0. The largest absolute Gasteiger partial charge is 1.00 e. The van der Waals surface area contributed by atoms with Crippen molar-refractivity contribution in [3.8, 4) is 23.0 Å². The van der Waals surface area contributed by atoms with E-state index >= 15 is 0 Å². The maximum Gasteiger partial charge on any atom is 1.00 e. The van der Waals surface area contributed by atoms with Crippen LogP contribution in [0.15, 0.2) is 33.1 Å². The average molecular weight is 544 g/mol. The Bertz CT molecular complexity index is 1630. The van der Waals surface area contributed by atoms with Crippen molar-refractivity contribution < 1.29 is 89.6 Å². The topological polar surface area (TPSA) is 195 Å². The first kappa shape index (κ1) is 28.1. The van der Waals surface area contributed by atoms with Crippen molar-refractivity contribution in [1.82, 2.24) is 0 Å². The third kappa shape index (κ3) is 5.47. The number of carbonyl (C=O) groups is 2. The van der Waals surface area contributed by atoms with Gasteiger partial charge in [0.05, 0.1) is 14.2 Å². The Morgan fingerprint density at radius 1 is 0.865 bits per heavy atom. The number of aryl methyl sites for hydroxylation is 1. The molecule has 0 amide bonds. The molecule has 0 aliphatic carbocycles. The van der Waals surface area contributed by atoms with Gasteiger partial charge in [0.15, 0.2) is 28.8 Å². The molecule has 4 aromatic rings. The quantitative estimate of drug-likeness (QED) is 0.166. The predicted octanol–water partition coefficient (Wildman–Crippen LogP) is 0.323. The molecule has 2 aromatic carbocycles. The van der Waals surface area contributed by atoms with Crippen molar-refractivity contribution in [1.29, 1.82) is 0 Å². The SMILES string of the molecule is COc1cc2oc(C)c(C(=O)O)c2cc1OCc1oc2cc(OC)c(OS(=O)(=O)[O-])cc2c1C(=O)O.[Na+]. The number of ether oxygens (including phenoxy) is 3. The van der Waals surface area contributed by atoms with Gasteiger partial charge in [-0.05, 0) is 19.1 Å². The molecule has 2 heterocycles. The Hall–Kier alpha value is -3.43. The van der Waals surface area contributed by atoms with Crippen LogP contribution in [0.25, 0.3) is 21.9 Å². The van der Waals surface area contributed by atoms with Crippen LogP contribution in [-0.2, 0) is 17.0 Å². The van der Waals surface area contributed by atoms with Crippen molar-refractivity contribution >= 4 is 44.3 Å². The van der Waals surface area contributed by atoms with Crippen LogP contribution in [0.3, 0.4) is 0 Å². The molecular formula is C22H17NaO13S. The van der Waals surface area contributed by atoms with E-state index < -0.39 is 34.7 Å². The van der Waals surface area contributed by atoms with Crippen molar-refractivity contribution in [2.24, 2.45) is 0 Å². The van der Waals surface area contributed by atoms with E-state index in [2.05, 4.69) is 4.18 Å². The number of rotatable bonds is 9. The van der Waals surface area contributed by atoms with Gasteiger partial charge in [-0.15, -0.1) is 0 Å². The maximum atomic E-state index is 12.0. The number of carboxylic acids is 2. The molecule has 0 saturated heterocycles. The Balaban J connectivity index is 0.00000380. The summed E-state index contributed by atoms with van der Waals surface area (Å²) in [4.78, 5) is 23.6. The van der Waals surface area contributed by atoms with E-state index in [-0.39, 0.29) is 91.4 Å². The van der Waals surface area contributed by atoms with Gasteiger partial charge >= 0.3 is 41.5 Å². The molecule has 0 atom stereocenters. The molecule has 4 rings (SSSR count). The van der Waals surface area contributed by atoms with E-state index in [1.54, 1.807) is 0 Å². The smallest absolute Gasteiger partial charge is 0.716 e. The van der Waals surface area contributed by atoms with Gasteiger partial charge in [-0.25, -0.2) is 18.0 Å². The van der Waals surface area contributed by atoms with E-state index in [4.69, 9.17) is 23.0 Å². The fourth-order valence-corrected chi connectivity index (χ4v) is 4.08. The number of hydrogen-bond donors (Lipinski definition) is 2. The van der Waals surface area contributed by atoms with Crippen LogP contribution in [0, 0.1) is 6.92 Å². The third-order valence-electron chi connectivity index (χ3n) is 5.18. The molecule has 0 saturated carbocycles. The number of furan rings is 2. The van der Waals surface area contributed by atoms with Gasteiger partial charge in [0.25, 0.3) is 10.4 Å². The number of carboxylic acid groups (broad SMARTS) is 2. The average Bonchev–Trinajstić information content (AvgIpc) is 3.30. The van der Waals surface area contributed by atoms with Crippen molar-refractivity contribution in [2.45, 2.75) is 13.5 Å². The monoisotopic (exact) mass is 544 g/mol. The first-order chi connectivity index (χ1) is 16.9. The zero-order chi connectivity index (χ0) is 26.4. The molecule has 0 aliphatic heterocycles. The number of methoxy groups -OCH3 is 2. The molecule has 190 valence electrons. The summed E-state index contributed by atoms with van der Waals surface area (Å²) in [6, 6.07) is 4.95. The van der Waals surface area contributed by atoms with Crippen LogP contribution in [0.2, 0.25) is 0 Å². The maximum absolute atomic E-state index is 12.0. The molecule has 0 spiro atoms. The first-order valence-corrected chi connectivity index (χ1v) is 11.3. The van der Waals surface area contributed by atoms with E-state index in [1.807, 2.05) is 0 Å². The molecule has 0 bridgehead atoms. The summed E-state index contributed by atoms with van der Waals surface area (Å²) in [6.45, 7) is 1.05. The van der Waals surface area contributed by atoms with Crippen LogP contribution in [-0.4, -0.2) is 49.3 Å². The van der Waals surface area contributed by atoms with Crippen molar-refractivity contribution in [3.05, 3.63) is 46.9 Å². The Kier molecular flexibility index (Phi) is 8.00. The molecule has 15 heteroatoms.